The fourth-order valence-electron chi connectivity index (χ4n) is 1.23. The lowest BCUT2D eigenvalue weighted by Crippen LogP contribution is -2.44. The van der Waals surface area contributed by atoms with Gasteiger partial charge in [0, 0.05) is 6.07 Å². The second kappa shape index (κ2) is 6.63. The molecule has 0 saturated carbocycles. The number of hydrogen-bond donors (Lipinski definition) is 2. The third kappa shape index (κ3) is 4.08. The number of amides is 2. The third-order valence-corrected chi connectivity index (χ3v) is 2.32. The van der Waals surface area contributed by atoms with Crippen molar-refractivity contribution >= 4 is 12.0 Å². The number of carbonyl (C=O) groups is 2. The van der Waals surface area contributed by atoms with Crippen LogP contribution in [-0.2, 0) is 22.5 Å². The number of rotatable bonds is 5. The highest BCUT2D eigenvalue weighted by Crippen LogP contribution is 2.03. The summed E-state index contributed by atoms with van der Waals surface area (Å²) in [5.41, 5.74) is 0.833. The van der Waals surface area contributed by atoms with Crippen LogP contribution in [0.3, 0.4) is 0 Å². The summed E-state index contributed by atoms with van der Waals surface area (Å²) in [5.74, 6) is 0.250. The molecule has 0 aliphatic rings. The van der Waals surface area contributed by atoms with E-state index >= 15 is 0 Å². The fraction of sp³-hybridized carbons (Fsp3) is 0.545. The van der Waals surface area contributed by atoms with Crippen molar-refractivity contribution in [2.24, 2.45) is 0 Å². The number of methoxy groups -OCH3 is 1. The summed E-state index contributed by atoms with van der Waals surface area (Å²) in [4.78, 5) is 22.5. The summed E-state index contributed by atoms with van der Waals surface area (Å²) in [7, 11) is 1.24. The zero-order valence-electron chi connectivity index (χ0n) is 10.6. The molecule has 0 aliphatic carbocycles. The Morgan fingerprint density at radius 3 is 2.83 bits per heavy atom. The highest BCUT2D eigenvalue weighted by Gasteiger charge is 2.15. The van der Waals surface area contributed by atoms with E-state index in [0.717, 1.165) is 12.1 Å². The number of nitrogens with zero attached hydrogens (tertiary/aromatic N) is 1. The molecule has 1 aromatic heterocycles. The van der Waals surface area contributed by atoms with Crippen molar-refractivity contribution < 1.29 is 18.8 Å². The summed E-state index contributed by atoms with van der Waals surface area (Å²) >= 11 is 0. The number of carbonyl (C=O) groups excluding carboxylic acids is 2. The predicted octanol–water partition coefficient (Wildman–Crippen LogP) is 0.598. The maximum atomic E-state index is 11.6. The first kappa shape index (κ1) is 14.0. The van der Waals surface area contributed by atoms with Crippen LogP contribution in [-0.4, -0.2) is 30.3 Å². The first-order valence-corrected chi connectivity index (χ1v) is 5.63. The minimum absolute atomic E-state index is 0.235. The number of aromatic nitrogens is 1. The molecule has 0 radical (unpaired) electrons. The van der Waals surface area contributed by atoms with E-state index in [4.69, 9.17) is 4.52 Å². The van der Waals surface area contributed by atoms with Crippen molar-refractivity contribution in [3.63, 3.8) is 0 Å². The first-order chi connectivity index (χ1) is 8.56. The Kier molecular flexibility index (Phi) is 5.16. The highest BCUT2D eigenvalue weighted by atomic mass is 16.5. The van der Waals surface area contributed by atoms with Crippen LogP contribution >= 0.6 is 0 Å². The Balaban J connectivity index is 2.38. The summed E-state index contributed by atoms with van der Waals surface area (Å²) in [6.45, 7) is 3.76. The van der Waals surface area contributed by atoms with E-state index in [2.05, 4.69) is 20.5 Å². The van der Waals surface area contributed by atoms with Gasteiger partial charge in [0.25, 0.3) is 0 Å². The molecule has 1 atom stereocenters. The van der Waals surface area contributed by atoms with E-state index in [1.165, 1.54) is 7.11 Å². The first-order valence-electron chi connectivity index (χ1n) is 5.63. The van der Waals surface area contributed by atoms with E-state index in [0.29, 0.717) is 5.76 Å². The van der Waals surface area contributed by atoms with Crippen molar-refractivity contribution in [1.29, 1.82) is 0 Å². The Hall–Kier alpha value is -2.05. The molecular weight excluding hydrogens is 238 g/mol. The van der Waals surface area contributed by atoms with E-state index in [1.807, 2.05) is 6.92 Å². The molecule has 0 fully saturated rings. The SMILES string of the molecule is CCc1cc(CNC(=O)[C@@H](C)NC(=O)OC)on1. The van der Waals surface area contributed by atoms with Crippen LogP contribution in [0.4, 0.5) is 4.79 Å². The molecule has 2 N–H and O–H groups in total. The quantitative estimate of drug-likeness (QED) is 0.803. The molecule has 0 aromatic carbocycles. The van der Waals surface area contributed by atoms with E-state index in [9.17, 15) is 9.59 Å². The zero-order valence-corrected chi connectivity index (χ0v) is 10.6. The molecule has 0 saturated heterocycles. The van der Waals surface area contributed by atoms with Crippen molar-refractivity contribution in [2.75, 3.05) is 7.11 Å². The molecule has 7 heteroatoms. The molecule has 100 valence electrons. The molecule has 0 bridgehead atoms. The van der Waals surface area contributed by atoms with Gasteiger partial charge in [-0.3, -0.25) is 4.79 Å². The summed E-state index contributed by atoms with van der Waals surface area (Å²) in [6, 6.07) is 1.10. The molecule has 7 nitrogen and oxygen atoms in total. The van der Waals surface area contributed by atoms with Crippen LogP contribution in [0.5, 0.6) is 0 Å². The van der Waals surface area contributed by atoms with Crippen LogP contribution in [0.15, 0.2) is 10.6 Å². The van der Waals surface area contributed by atoms with Crippen LogP contribution in [0.1, 0.15) is 25.3 Å². The van der Waals surface area contributed by atoms with Gasteiger partial charge >= 0.3 is 6.09 Å². The standard InChI is InChI=1S/C11H17N3O4/c1-4-8-5-9(18-14-8)6-12-10(15)7(2)13-11(16)17-3/h5,7H,4,6H2,1-3H3,(H,12,15)(H,13,16)/t7-/m1/s1. The average molecular weight is 255 g/mol. The normalized spacial score (nSPS) is 11.7. The van der Waals surface area contributed by atoms with Crippen LogP contribution < -0.4 is 10.6 Å². The number of hydrogen-bond acceptors (Lipinski definition) is 5. The van der Waals surface area contributed by atoms with Crippen LogP contribution in [0.2, 0.25) is 0 Å². The maximum absolute atomic E-state index is 11.6. The summed E-state index contributed by atoms with van der Waals surface area (Å²) in [6.07, 6.45) is 0.128. The second-order valence-corrected chi connectivity index (χ2v) is 3.71. The Bertz CT molecular complexity index is 416. The molecule has 0 unspecified atom stereocenters. The second-order valence-electron chi connectivity index (χ2n) is 3.71. The smallest absolute Gasteiger partial charge is 0.407 e. The van der Waals surface area contributed by atoms with Gasteiger partial charge in [0.05, 0.1) is 19.3 Å². The lowest BCUT2D eigenvalue weighted by Gasteiger charge is -2.12. The Labute approximate surface area is 105 Å². The average Bonchev–Trinajstić information content (AvgIpc) is 2.83. The third-order valence-electron chi connectivity index (χ3n) is 2.32. The van der Waals surface area contributed by atoms with Crippen molar-refractivity contribution in [1.82, 2.24) is 15.8 Å². The number of alkyl carbamates (subject to hydrolysis) is 1. The van der Waals surface area contributed by atoms with E-state index < -0.39 is 12.1 Å². The molecule has 0 aliphatic heterocycles. The van der Waals surface area contributed by atoms with Crippen LogP contribution in [0.25, 0.3) is 0 Å². The molecule has 2 amide bonds. The van der Waals surface area contributed by atoms with Crippen molar-refractivity contribution in [3.05, 3.63) is 17.5 Å². The lowest BCUT2D eigenvalue weighted by atomic mass is 10.3. The van der Waals surface area contributed by atoms with Gasteiger partial charge in [-0.15, -0.1) is 0 Å². The topological polar surface area (TPSA) is 93.5 Å². The fourth-order valence-corrected chi connectivity index (χ4v) is 1.23. The van der Waals surface area contributed by atoms with Gasteiger partial charge in [0.15, 0.2) is 5.76 Å². The van der Waals surface area contributed by atoms with E-state index in [-0.39, 0.29) is 12.5 Å². The largest absolute Gasteiger partial charge is 0.453 e. The van der Waals surface area contributed by atoms with Gasteiger partial charge < -0.3 is 19.9 Å². The predicted molar refractivity (Wildman–Crippen MR) is 62.7 cm³/mol. The highest BCUT2D eigenvalue weighted by molar-refractivity contribution is 5.85. The lowest BCUT2D eigenvalue weighted by molar-refractivity contribution is -0.122. The van der Waals surface area contributed by atoms with Crippen molar-refractivity contribution in [2.45, 2.75) is 32.9 Å². The monoisotopic (exact) mass is 255 g/mol. The van der Waals surface area contributed by atoms with Crippen molar-refractivity contribution in [3.8, 4) is 0 Å². The molecule has 1 rings (SSSR count). The molecule has 1 heterocycles. The van der Waals surface area contributed by atoms with E-state index in [1.54, 1.807) is 13.0 Å². The van der Waals surface area contributed by atoms with Gasteiger partial charge in [-0.1, -0.05) is 12.1 Å². The molecular formula is C11H17N3O4. The minimum atomic E-state index is -0.675. The maximum Gasteiger partial charge on any atom is 0.407 e. The number of ether oxygens (including phenoxy) is 1. The van der Waals surface area contributed by atoms with Gasteiger partial charge in [-0.05, 0) is 13.3 Å². The Morgan fingerprint density at radius 1 is 1.56 bits per heavy atom. The van der Waals surface area contributed by atoms with Gasteiger partial charge in [-0.25, -0.2) is 4.79 Å². The van der Waals surface area contributed by atoms with Gasteiger partial charge in [0.1, 0.15) is 6.04 Å². The van der Waals surface area contributed by atoms with Gasteiger partial charge in [-0.2, -0.15) is 0 Å². The van der Waals surface area contributed by atoms with Gasteiger partial charge in [0.2, 0.25) is 5.91 Å². The Morgan fingerprint density at radius 2 is 2.28 bits per heavy atom. The minimum Gasteiger partial charge on any atom is -0.453 e. The molecule has 1 aromatic rings. The van der Waals surface area contributed by atoms with Crippen LogP contribution in [0, 0.1) is 0 Å². The number of aryl methyl sites for hydroxylation is 1. The summed E-state index contributed by atoms with van der Waals surface area (Å²) < 4.78 is 9.40. The summed E-state index contributed by atoms with van der Waals surface area (Å²) in [5, 5.41) is 8.79. The molecule has 18 heavy (non-hydrogen) atoms. The zero-order chi connectivity index (χ0) is 13.5. The number of nitrogens with one attached hydrogen (secondary N) is 2. The molecule has 0 spiro atoms.